The fourth-order valence-electron chi connectivity index (χ4n) is 1.63. The van der Waals surface area contributed by atoms with Gasteiger partial charge < -0.3 is 15.1 Å². The molecule has 0 aliphatic carbocycles. The van der Waals surface area contributed by atoms with E-state index in [4.69, 9.17) is 4.42 Å². The van der Waals surface area contributed by atoms with Crippen LogP contribution >= 0.6 is 0 Å². The molecule has 94 valence electrons. The molecule has 5 heteroatoms. The average molecular weight is 245 g/mol. The molecule has 2 aromatic rings. The maximum absolute atomic E-state index is 11.5. The summed E-state index contributed by atoms with van der Waals surface area (Å²) in [5, 5.41) is 5.79. The highest BCUT2D eigenvalue weighted by atomic mass is 16.3. The van der Waals surface area contributed by atoms with Crippen molar-refractivity contribution in [1.29, 1.82) is 0 Å². The minimum Gasteiger partial charge on any atom is -0.467 e. The summed E-state index contributed by atoms with van der Waals surface area (Å²) in [6.07, 6.45) is 3.23. The molecule has 1 atom stereocenters. The SMILES string of the molecule is CNC(=O)c1cc(NC(C)c2ccco2)ccn1. The topological polar surface area (TPSA) is 67.2 Å². The predicted octanol–water partition coefficient (Wildman–Crippen LogP) is 2.21. The highest BCUT2D eigenvalue weighted by molar-refractivity contribution is 5.92. The van der Waals surface area contributed by atoms with E-state index in [-0.39, 0.29) is 11.9 Å². The molecule has 0 saturated heterocycles. The van der Waals surface area contributed by atoms with E-state index in [2.05, 4.69) is 15.6 Å². The van der Waals surface area contributed by atoms with Crippen LogP contribution in [0.4, 0.5) is 5.69 Å². The molecule has 0 aromatic carbocycles. The monoisotopic (exact) mass is 245 g/mol. The molecule has 0 spiro atoms. The van der Waals surface area contributed by atoms with Gasteiger partial charge in [-0.3, -0.25) is 9.78 Å². The summed E-state index contributed by atoms with van der Waals surface area (Å²) in [6.45, 7) is 1.98. The zero-order valence-corrected chi connectivity index (χ0v) is 10.3. The summed E-state index contributed by atoms with van der Waals surface area (Å²) in [4.78, 5) is 15.5. The summed E-state index contributed by atoms with van der Waals surface area (Å²) in [7, 11) is 1.58. The molecule has 0 bridgehead atoms. The Morgan fingerprint density at radius 2 is 2.28 bits per heavy atom. The Kier molecular flexibility index (Phi) is 3.62. The van der Waals surface area contributed by atoms with Gasteiger partial charge in [0, 0.05) is 18.9 Å². The smallest absolute Gasteiger partial charge is 0.269 e. The number of aromatic nitrogens is 1. The fraction of sp³-hybridized carbons (Fsp3) is 0.231. The molecule has 0 radical (unpaired) electrons. The zero-order valence-electron chi connectivity index (χ0n) is 10.3. The van der Waals surface area contributed by atoms with Gasteiger partial charge in [0.2, 0.25) is 0 Å². The van der Waals surface area contributed by atoms with E-state index in [0.29, 0.717) is 5.69 Å². The van der Waals surface area contributed by atoms with Gasteiger partial charge in [-0.1, -0.05) is 0 Å². The fourth-order valence-corrected chi connectivity index (χ4v) is 1.63. The van der Waals surface area contributed by atoms with Gasteiger partial charge in [-0.2, -0.15) is 0 Å². The van der Waals surface area contributed by atoms with Crippen molar-refractivity contribution in [3.63, 3.8) is 0 Å². The van der Waals surface area contributed by atoms with Crippen molar-refractivity contribution >= 4 is 11.6 Å². The number of nitrogens with one attached hydrogen (secondary N) is 2. The first-order valence-corrected chi connectivity index (χ1v) is 5.69. The van der Waals surface area contributed by atoms with E-state index < -0.39 is 0 Å². The molecule has 0 aliphatic heterocycles. The number of hydrogen-bond donors (Lipinski definition) is 2. The average Bonchev–Trinajstić information content (AvgIpc) is 2.92. The summed E-state index contributed by atoms with van der Waals surface area (Å²) >= 11 is 0. The number of anilines is 1. The third kappa shape index (κ3) is 2.68. The van der Waals surface area contributed by atoms with E-state index >= 15 is 0 Å². The van der Waals surface area contributed by atoms with Crippen LogP contribution in [0.5, 0.6) is 0 Å². The van der Waals surface area contributed by atoms with Crippen LogP contribution in [0.1, 0.15) is 29.2 Å². The molecule has 0 fully saturated rings. The first-order chi connectivity index (χ1) is 8.70. The van der Waals surface area contributed by atoms with Gasteiger partial charge in [-0.05, 0) is 31.2 Å². The van der Waals surface area contributed by atoms with Crippen LogP contribution in [0.15, 0.2) is 41.1 Å². The summed E-state index contributed by atoms with van der Waals surface area (Å²) < 4.78 is 5.31. The first kappa shape index (κ1) is 12.2. The molecule has 5 nitrogen and oxygen atoms in total. The Labute approximate surface area is 105 Å². The zero-order chi connectivity index (χ0) is 13.0. The predicted molar refractivity (Wildman–Crippen MR) is 68.4 cm³/mol. The largest absolute Gasteiger partial charge is 0.467 e. The Bertz CT molecular complexity index is 523. The van der Waals surface area contributed by atoms with E-state index in [1.54, 1.807) is 25.6 Å². The Hall–Kier alpha value is -2.30. The van der Waals surface area contributed by atoms with Crippen LogP contribution in [-0.4, -0.2) is 17.9 Å². The number of furan rings is 1. The second-order valence-electron chi connectivity index (χ2n) is 3.89. The van der Waals surface area contributed by atoms with Crippen LogP contribution in [0.3, 0.4) is 0 Å². The molecule has 0 aliphatic rings. The lowest BCUT2D eigenvalue weighted by atomic mass is 10.2. The van der Waals surface area contributed by atoms with Crippen molar-refractivity contribution in [2.75, 3.05) is 12.4 Å². The molecule has 1 unspecified atom stereocenters. The maximum Gasteiger partial charge on any atom is 0.269 e. The molecule has 0 saturated carbocycles. The first-order valence-electron chi connectivity index (χ1n) is 5.69. The van der Waals surface area contributed by atoms with Crippen LogP contribution < -0.4 is 10.6 Å². The number of nitrogens with zero attached hydrogens (tertiary/aromatic N) is 1. The summed E-state index contributed by atoms with van der Waals surface area (Å²) in [5.74, 6) is 0.637. The van der Waals surface area contributed by atoms with Crippen LogP contribution in [0.2, 0.25) is 0 Å². The normalized spacial score (nSPS) is 11.9. The number of hydrogen-bond acceptors (Lipinski definition) is 4. The highest BCUT2D eigenvalue weighted by Gasteiger charge is 2.10. The molecule has 2 heterocycles. The van der Waals surface area contributed by atoms with Crippen molar-refractivity contribution in [1.82, 2.24) is 10.3 Å². The van der Waals surface area contributed by atoms with Gasteiger partial charge in [0.25, 0.3) is 5.91 Å². The van der Waals surface area contributed by atoms with Crippen molar-refractivity contribution < 1.29 is 9.21 Å². The quantitative estimate of drug-likeness (QED) is 0.866. The van der Waals surface area contributed by atoms with E-state index in [1.165, 1.54) is 0 Å². The van der Waals surface area contributed by atoms with Crippen molar-refractivity contribution in [2.45, 2.75) is 13.0 Å². The Morgan fingerprint density at radius 3 is 2.94 bits per heavy atom. The Morgan fingerprint density at radius 1 is 1.44 bits per heavy atom. The van der Waals surface area contributed by atoms with E-state index in [9.17, 15) is 4.79 Å². The highest BCUT2D eigenvalue weighted by Crippen LogP contribution is 2.19. The summed E-state index contributed by atoms with van der Waals surface area (Å²) in [6, 6.07) is 7.29. The standard InChI is InChI=1S/C13H15N3O2/c1-9(12-4-3-7-18-12)16-10-5-6-15-11(8-10)13(17)14-2/h3-9H,1-2H3,(H,14,17)(H,15,16). The van der Waals surface area contributed by atoms with Crippen LogP contribution in [0.25, 0.3) is 0 Å². The number of amides is 1. The van der Waals surface area contributed by atoms with Crippen molar-refractivity contribution in [2.24, 2.45) is 0 Å². The van der Waals surface area contributed by atoms with E-state index in [0.717, 1.165) is 11.4 Å². The van der Waals surface area contributed by atoms with Crippen LogP contribution in [0, 0.1) is 0 Å². The number of carbonyl (C=O) groups excluding carboxylic acids is 1. The lowest BCUT2D eigenvalue weighted by molar-refractivity contribution is 0.0958. The lowest BCUT2D eigenvalue weighted by Gasteiger charge is -2.13. The second kappa shape index (κ2) is 5.35. The van der Waals surface area contributed by atoms with Crippen molar-refractivity contribution in [3.8, 4) is 0 Å². The third-order valence-electron chi connectivity index (χ3n) is 2.57. The second-order valence-corrected chi connectivity index (χ2v) is 3.89. The van der Waals surface area contributed by atoms with Gasteiger partial charge >= 0.3 is 0 Å². The van der Waals surface area contributed by atoms with Gasteiger partial charge in [0.1, 0.15) is 11.5 Å². The lowest BCUT2D eigenvalue weighted by Crippen LogP contribution is -2.19. The Balaban J connectivity index is 2.12. The van der Waals surface area contributed by atoms with Crippen LogP contribution in [-0.2, 0) is 0 Å². The molecular weight excluding hydrogens is 230 g/mol. The van der Waals surface area contributed by atoms with Gasteiger partial charge in [-0.25, -0.2) is 0 Å². The number of carbonyl (C=O) groups is 1. The molecule has 18 heavy (non-hydrogen) atoms. The third-order valence-corrected chi connectivity index (χ3v) is 2.57. The van der Waals surface area contributed by atoms with Gasteiger partial charge in [0.15, 0.2) is 0 Å². The van der Waals surface area contributed by atoms with E-state index in [1.807, 2.05) is 25.1 Å². The van der Waals surface area contributed by atoms with Gasteiger partial charge in [-0.15, -0.1) is 0 Å². The van der Waals surface area contributed by atoms with Gasteiger partial charge in [0.05, 0.1) is 12.3 Å². The minimum absolute atomic E-state index is 0.0277. The maximum atomic E-state index is 11.5. The number of pyridine rings is 1. The summed E-state index contributed by atoms with van der Waals surface area (Å²) in [5.41, 5.74) is 1.21. The molecule has 2 rings (SSSR count). The molecular formula is C13H15N3O2. The minimum atomic E-state index is -0.204. The van der Waals surface area contributed by atoms with Crippen molar-refractivity contribution in [3.05, 3.63) is 48.2 Å². The molecule has 1 amide bonds. The molecule has 2 aromatic heterocycles. The molecule has 2 N–H and O–H groups in total. The number of rotatable bonds is 4.